The van der Waals surface area contributed by atoms with Crippen molar-refractivity contribution in [1.82, 2.24) is 15.3 Å². The van der Waals surface area contributed by atoms with E-state index in [0.717, 1.165) is 5.56 Å². The van der Waals surface area contributed by atoms with E-state index in [1.807, 2.05) is 31.2 Å². The van der Waals surface area contributed by atoms with Gasteiger partial charge in [0.1, 0.15) is 11.4 Å². The molecule has 0 saturated heterocycles. The molecule has 0 atom stereocenters. The zero-order chi connectivity index (χ0) is 20.1. The van der Waals surface area contributed by atoms with Gasteiger partial charge in [-0.15, -0.1) is 0 Å². The third kappa shape index (κ3) is 4.98. The van der Waals surface area contributed by atoms with E-state index in [-0.39, 0.29) is 11.6 Å². The van der Waals surface area contributed by atoms with Gasteiger partial charge in [-0.05, 0) is 43.7 Å². The summed E-state index contributed by atoms with van der Waals surface area (Å²) in [5.74, 6) is 0.619. The first-order valence-corrected chi connectivity index (χ1v) is 9.12. The Hall–Kier alpha value is -3.12. The molecule has 0 bridgehead atoms. The molecule has 1 heterocycles. The number of benzene rings is 2. The fourth-order valence-electron chi connectivity index (χ4n) is 2.62. The first-order chi connectivity index (χ1) is 13.4. The highest BCUT2D eigenvalue weighted by Gasteiger charge is 2.12. The van der Waals surface area contributed by atoms with Crippen LogP contribution >= 0.6 is 11.6 Å². The quantitative estimate of drug-likeness (QED) is 0.644. The van der Waals surface area contributed by atoms with Crippen molar-refractivity contribution >= 4 is 29.1 Å². The number of ether oxygens (including phenoxy) is 1. The molecule has 0 aliphatic heterocycles. The summed E-state index contributed by atoms with van der Waals surface area (Å²) >= 11 is 6.06. The van der Waals surface area contributed by atoms with E-state index in [0.29, 0.717) is 34.6 Å². The van der Waals surface area contributed by atoms with Crippen molar-refractivity contribution in [1.29, 1.82) is 0 Å². The number of hydrogen-bond donors (Lipinski definition) is 2. The van der Waals surface area contributed by atoms with Crippen LogP contribution in [0.25, 0.3) is 0 Å². The summed E-state index contributed by atoms with van der Waals surface area (Å²) in [7, 11) is 1.56. The number of nitrogens with zero attached hydrogens (tertiary/aromatic N) is 2. The Bertz CT molecular complexity index is 990. The van der Waals surface area contributed by atoms with Crippen molar-refractivity contribution in [2.24, 2.45) is 0 Å². The van der Waals surface area contributed by atoms with Crippen LogP contribution in [0.5, 0.6) is 5.75 Å². The highest BCUT2D eigenvalue weighted by molar-refractivity contribution is 6.31. The van der Waals surface area contributed by atoms with Crippen LogP contribution in [-0.2, 0) is 6.54 Å². The molecular formula is C21H21ClN4O2. The van der Waals surface area contributed by atoms with Crippen LogP contribution in [-0.4, -0.2) is 23.0 Å². The molecule has 2 aromatic carbocycles. The Morgan fingerprint density at radius 2 is 1.82 bits per heavy atom. The number of anilines is 2. The normalized spacial score (nSPS) is 10.4. The van der Waals surface area contributed by atoms with Crippen molar-refractivity contribution in [3.63, 3.8) is 0 Å². The van der Waals surface area contributed by atoms with Gasteiger partial charge in [0.05, 0.1) is 12.8 Å². The molecule has 0 radical (unpaired) electrons. The number of halogens is 1. The van der Waals surface area contributed by atoms with Gasteiger partial charge >= 0.3 is 0 Å². The average molecular weight is 397 g/mol. The minimum absolute atomic E-state index is 0.271. The number of carbonyl (C=O) groups is 1. The third-order valence-corrected chi connectivity index (χ3v) is 4.30. The number of nitrogens with one attached hydrogen (secondary N) is 2. The summed E-state index contributed by atoms with van der Waals surface area (Å²) in [6.45, 7) is 4.25. The van der Waals surface area contributed by atoms with Gasteiger partial charge in [0, 0.05) is 17.3 Å². The lowest BCUT2D eigenvalue weighted by molar-refractivity contribution is 0.0945. The van der Waals surface area contributed by atoms with Crippen LogP contribution in [0.1, 0.15) is 27.3 Å². The lowest BCUT2D eigenvalue weighted by Gasteiger charge is -2.12. The fraction of sp³-hybridized carbons (Fsp3) is 0.190. The second kappa shape index (κ2) is 8.71. The highest BCUT2D eigenvalue weighted by atomic mass is 35.5. The Morgan fingerprint density at radius 1 is 1.07 bits per heavy atom. The molecule has 0 aliphatic carbocycles. The van der Waals surface area contributed by atoms with Crippen LogP contribution in [0.15, 0.2) is 48.5 Å². The van der Waals surface area contributed by atoms with E-state index in [4.69, 9.17) is 16.3 Å². The number of carbonyl (C=O) groups excluding carboxylic acids is 1. The summed E-state index contributed by atoms with van der Waals surface area (Å²) < 4.78 is 5.32. The molecule has 1 amide bonds. The number of amides is 1. The molecule has 144 valence electrons. The molecule has 1 aromatic heterocycles. The maximum absolute atomic E-state index is 12.5. The van der Waals surface area contributed by atoms with E-state index in [2.05, 4.69) is 20.6 Å². The minimum Gasteiger partial charge on any atom is -0.495 e. The summed E-state index contributed by atoms with van der Waals surface area (Å²) in [5.41, 5.74) is 3.76. The summed E-state index contributed by atoms with van der Waals surface area (Å²) in [6, 6.07) is 14.8. The predicted octanol–water partition coefficient (Wildman–Crippen LogP) is 4.43. The lowest BCUT2D eigenvalue weighted by atomic mass is 10.1. The van der Waals surface area contributed by atoms with Crippen LogP contribution in [0.4, 0.5) is 11.6 Å². The zero-order valence-electron chi connectivity index (χ0n) is 15.9. The van der Waals surface area contributed by atoms with Crippen LogP contribution in [0.2, 0.25) is 5.02 Å². The third-order valence-electron chi connectivity index (χ3n) is 4.07. The molecule has 6 nitrogen and oxygen atoms in total. The lowest BCUT2D eigenvalue weighted by Crippen LogP contribution is -2.24. The Labute approximate surface area is 168 Å². The van der Waals surface area contributed by atoms with Gasteiger partial charge in [-0.3, -0.25) is 4.79 Å². The van der Waals surface area contributed by atoms with Gasteiger partial charge in [-0.25, -0.2) is 9.97 Å². The molecule has 0 saturated carbocycles. The molecule has 0 aliphatic rings. The monoisotopic (exact) mass is 396 g/mol. The van der Waals surface area contributed by atoms with Crippen LogP contribution in [0.3, 0.4) is 0 Å². The SMILES string of the molecule is COc1ccc(Cl)cc1Nc1nc(C)cc(C(=O)NCc2ccc(C)cc2)n1. The van der Waals surface area contributed by atoms with E-state index in [1.165, 1.54) is 5.56 Å². The molecular weight excluding hydrogens is 376 g/mol. The van der Waals surface area contributed by atoms with Gasteiger partial charge in [0.25, 0.3) is 5.91 Å². The predicted molar refractivity (Wildman–Crippen MR) is 110 cm³/mol. The average Bonchev–Trinajstić information content (AvgIpc) is 2.67. The molecule has 0 unspecified atom stereocenters. The van der Waals surface area contributed by atoms with Crippen LogP contribution in [0, 0.1) is 13.8 Å². The highest BCUT2D eigenvalue weighted by Crippen LogP contribution is 2.29. The summed E-state index contributed by atoms with van der Waals surface area (Å²) in [4.78, 5) is 21.2. The number of hydrogen-bond acceptors (Lipinski definition) is 5. The standard InChI is InChI=1S/C21H21ClN4O2/c1-13-4-6-15(7-5-13)12-23-20(27)18-10-14(2)24-21(26-18)25-17-11-16(22)8-9-19(17)28-3/h4-11H,12H2,1-3H3,(H,23,27)(H,24,25,26). The van der Waals surface area contributed by atoms with Crippen molar-refractivity contribution < 1.29 is 9.53 Å². The molecule has 0 fully saturated rings. The van der Waals surface area contributed by atoms with E-state index in [9.17, 15) is 4.79 Å². The van der Waals surface area contributed by atoms with Crippen molar-refractivity contribution in [2.75, 3.05) is 12.4 Å². The largest absolute Gasteiger partial charge is 0.495 e. The number of aromatic nitrogens is 2. The number of methoxy groups -OCH3 is 1. The Kier molecular flexibility index (Phi) is 6.11. The minimum atomic E-state index is -0.271. The first kappa shape index (κ1) is 19.6. The van der Waals surface area contributed by atoms with E-state index < -0.39 is 0 Å². The maximum atomic E-state index is 12.5. The van der Waals surface area contributed by atoms with Gasteiger partial charge in [0.2, 0.25) is 5.95 Å². The molecule has 0 spiro atoms. The molecule has 3 aromatic rings. The smallest absolute Gasteiger partial charge is 0.270 e. The molecule has 7 heteroatoms. The van der Waals surface area contributed by atoms with Gasteiger partial charge < -0.3 is 15.4 Å². The van der Waals surface area contributed by atoms with E-state index in [1.54, 1.807) is 38.3 Å². The second-order valence-electron chi connectivity index (χ2n) is 6.36. The maximum Gasteiger partial charge on any atom is 0.270 e. The van der Waals surface area contributed by atoms with Crippen molar-refractivity contribution in [3.05, 3.63) is 76.1 Å². The van der Waals surface area contributed by atoms with Crippen LogP contribution < -0.4 is 15.4 Å². The van der Waals surface area contributed by atoms with E-state index >= 15 is 0 Å². The topological polar surface area (TPSA) is 76.1 Å². The molecule has 3 rings (SSSR count). The Morgan fingerprint density at radius 3 is 2.54 bits per heavy atom. The van der Waals surface area contributed by atoms with Gasteiger partial charge in [0.15, 0.2) is 0 Å². The second-order valence-corrected chi connectivity index (χ2v) is 6.79. The van der Waals surface area contributed by atoms with Gasteiger partial charge in [-0.2, -0.15) is 0 Å². The Balaban J connectivity index is 1.76. The first-order valence-electron chi connectivity index (χ1n) is 8.74. The zero-order valence-corrected chi connectivity index (χ0v) is 16.7. The number of aryl methyl sites for hydroxylation is 2. The van der Waals surface area contributed by atoms with Gasteiger partial charge in [-0.1, -0.05) is 41.4 Å². The summed E-state index contributed by atoms with van der Waals surface area (Å²) in [5, 5.41) is 6.50. The van der Waals surface area contributed by atoms with Crippen molar-refractivity contribution in [2.45, 2.75) is 20.4 Å². The fourth-order valence-corrected chi connectivity index (χ4v) is 2.79. The summed E-state index contributed by atoms with van der Waals surface area (Å²) in [6.07, 6.45) is 0. The van der Waals surface area contributed by atoms with Crippen molar-refractivity contribution in [3.8, 4) is 5.75 Å². The number of rotatable bonds is 6. The molecule has 28 heavy (non-hydrogen) atoms. The molecule has 2 N–H and O–H groups in total.